The molecule has 1 heterocycles. The summed E-state index contributed by atoms with van der Waals surface area (Å²) in [6.45, 7) is 9.07. The SMILES string of the molecule is C#Cc1ccc(C2OC(C)C(C(C)(C)C)CS2)cc1. The van der Waals surface area contributed by atoms with E-state index >= 15 is 0 Å². The molecule has 1 saturated heterocycles. The standard InChI is InChI=1S/C17H22OS/c1-6-13-7-9-14(10-8-13)16-18-12(2)15(11-19-16)17(3,4)5/h1,7-10,12,15-16H,11H2,2-5H3. The van der Waals surface area contributed by atoms with Crippen LogP contribution in [0.5, 0.6) is 0 Å². The van der Waals surface area contributed by atoms with Gasteiger partial charge < -0.3 is 4.74 Å². The van der Waals surface area contributed by atoms with Crippen LogP contribution in [0.15, 0.2) is 24.3 Å². The Bertz CT molecular complexity index is 464. The van der Waals surface area contributed by atoms with Crippen molar-refractivity contribution in [3.8, 4) is 12.3 Å². The minimum atomic E-state index is 0.139. The molecule has 0 radical (unpaired) electrons. The number of hydrogen-bond acceptors (Lipinski definition) is 2. The van der Waals surface area contributed by atoms with E-state index in [1.165, 1.54) is 5.56 Å². The fraction of sp³-hybridized carbons (Fsp3) is 0.529. The monoisotopic (exact) mass is 274 g/mol. The van der Waals surface area contributed by atoms with Gasteiger partial charge in [-0.05, 0) is 36.0 Å². The van der Waals surface area contributed by atoms with Crippen molar-refractivity contribution in [2.75, 3.05) is 5.75 Å². The van der Waals surface area contributed by atoms with Crippen molar-refractivity contribution in [2.45, 2.75) is 39.2 Å². The van der Waals surface area contributed by atoms with Crippen molar-refractivity contribution in [2.24, 2.45) is 11.3 Å². The number of benzene rings is 1. The van der Waals surface area contributed by atoms with E-state index in [0.717, 1.165) is 11.3 Å². The summed E-state index contributed by atoms with van der Waals surface area (Å²) in [4.78, 5) is 0. The highest BCUT2D eigenvalue weighted by Crippen LogP contribution is 2.44. The molecule has 1 aromatic carbocycles. The average molecular weight is 274 g/mol. The van der Waals surface area contributed by atoms with E-state index in [1.54, 1.807) is 0 Å². The minimum absolute atomic E-state index is 0.139. The second-order valence-electron chi connectivity index (χ2n) is 6.25. The number of hydrogen-bond donors (Lipinski definition) is 0. The Morgan fingerprint density at radius 1 is 1.26 bits per heavy atom. The molecule has 1 aliphatic heterocycles. The first-order chi connectivity index (χ1) is 8.91. The molecule has 0 N–H and O–H groups in total. The van der Waals surface area contributed by atoms with Crippen LogP contribution in [0.25, 0.3) is 0 Å². The number of ether oxygens (including phenoxy) is 1. The molecular weight excluding hydrogens is 252 g/mol. The summed E-state index contributed by atoms with van der Waals surface area (Å²) in [7, 11) is 0. The first kappa shape index (κ1) is 14.5. The van der Waals surface area contributed by atoms with Crippen LogP contribution >= 0.6 is 11.8 Å². The van der Waals surface area contributed by atoms with Crippen LogP contribution in [0.2, 0.25) is 0 Å². The summed E-state index contributed by atoms with van der Waals surface area (Å²) in [6.07, 6.45) is 5.67. The summed E-state index contributed by atoms with van der Waals surface area (Å²) in [5.74, 6) is 4.39. The second kappa shape index (κ2) is 5.61. The van der Waals surface area contributed by atoms with Crippen molar-refractivity contribution in [3.05, 3.63) is 35.4 Å². The third-order valence-electron chi connectivity index (χ3n) is 3.79. The normalized spacial score (nSPS) is 27.8. The van der Waals surface area contributed by atoms with Gasteiger partial charge in [0.2, 0.25) is 0 Å². The van der Waals surface area contributed by atoms with Crippen LogP contribution in [-0.2, 0) is 4.74 Å². The van der Waals surface area contributed by atoms with Gasteiger partial charge in [0.1, 0.15) is 5.44 Å². The second-order valence-corrected chi connectivity index (χ2v) is 7.34. The summed E-state index contributed by atoms with van der Waals surface area (Å²) >= 11 is 1.89. The Labute approximate surface area is 121 Å². The molecule has 3 atom stereocenters. The van der Waals surface area contributed by atoms with Gasteiger partial charge >= 0.3 is 0 Å². The third-order valence-corrected chi connectivity index (χ3v) is 5.03. The summed E-state index contributed by atoms with van der Waals surface area (Å²) in [5, 5.41) is 0. The lowest BCUT2D eigenvalue weighted by Crippen LogP contribution is -2.38. The molecule has 2 heteroatoms. The van der Waals surface area contributed by atoms with Crippen molar-refractivity contribution >= 4 is 11.8 Å². The molecule has 0 spiro atoms. The molecular formula is C17H22OS. The average Bonchev–Trinajstić information content (AvgIpc) is 2.37. The van der Waals surface area contributed by atoms with Crippen molar-refractivity contribution < 1.29 is 4.74 Å². The van der Waals surface area contributed by atoms with Gasteiger partial charge in [0.25, 0.3) is 0 Å². The van der Waals surface area contributed by atoms with Gasteiger partial charge in [-0.25, -0.2) is 0 Å². The predicted octanol–water partition coefficient (Wildman–Crippen LogP) is 4.48. The van der Waals surface area contributed by atoms with Gasteiger partial charge in [-0.3, -0.25) is 0 Å². The number of terminal acetylenes is 1. The van der Waals surface area contributed by atoms with Crippen LogP contribution in [0.3, 0.4) is 0 Å². The fourth-order valence-electron chi connectivity index (χ4n) is 2.52. The van der Waals surface area contributed by atoms with E-state index in [2.05, 4.69) is 45.7 Å². The Morgan fingerprint density at radius 2 is 1.89 bits per heavy atom. The van der Waals surface area contributed by atoms with Crippen LogP contribution in [-0.4, -0.2) is 11.9 Å². The zero-order chi connectivity index (χ0) is 14.0. The maximum Gasteiger partial charge on any atom is 0.128 e. The Morgan fingerprint density at radius 3 is 2.37 bits per heavy atom. The highest BCUT2D eigenvalue weighted by Gasteiger charge is 2.36. The van der Waals surface area contributed by atoms with E-state index in [1.807, 2.05) is 23.9 Å². The van der Waals surface area contributed by atoms with E-state index in [4.69, 9.17) is 11.2 Å². The molecule has 0 aliphatic carbocycles. The van der Waals surface area contributed by atoms with Crippen molar-refractivity contribution in [3.63, 3.8) is 0 Å². The van der Waals surface area contributed by atoms with Crippen molar-refractivity contribution in [1.29, 1.82) is 0 Å². The molecule has 102 valence electrons. The molecule has 1 aromatic rings. The first-order valence-corrected chi connectivity index (χ1v) is 7.80. The lowest BCUT2D eigenvalue weighted by molar-refractivity contribution is -0.0278. The Hall–Kier alpha value is -0.910. The maximum atomic E-state index is 6.20. The van der Waals surface area contributed by atoms with E-state index < -0.39 is 0 Å². The summed E-state index contributed by atoms with van der Waals surface area (Å²) in [6, 6.07) is 8.13. The minimum Gasteiger partial charge on any atom is -0.360 e. The maximum absolute atomic E-state index is 6.20. The summed E-state index contributed by atoms with van der Waals surface area (Å²) < 4.78 is 6.20. The van der Waals surface area contributed by atoms with Gasteiger partial charge in [0.05, 0.1) is 6.10 Å². The molecule has 0 amide bonds. The molecule has 0 bridgehead atoms. The molecule has 0 aromatic heterocycles. The first-order valence-electron chi connectivity index (χ1n) is 6.75. The lowest BCUT2D eigenvalue weighted by Gasteiger charge is -2.41. The van der Waals surface area contributed by atoms with Gasteiger partial charge in [-0.1, -0.05) is 38.8 Å². The molecule has 0 saturated carbocycles. The van der Waals surface area contributed by atoms with E-state index in [0.29, 0.717) is 17.4 Å². The Kier molecular flexibility index (Phi) is 4.28. The third kappa shape index (κ3) is 3.35. The van der Waals surface area contributed by atoms with Crippen LogP contribution in [0.1, 0.15) is 44.3 Å². The highest BCUT2D eigenvalue weighted by molar-refractivity contribution is 7.99. The lowest BCUT2D eigenvalue weighted by atomic mass is 9.79. The van der Waals surface area contributed by atoms with Crippen molar-refractivity contribution in [1.82, 2.24) is 0 Å². The van der Waals surface area contributed by atoms with E-state index in [-0.39, 0.29) is 5.44 Å². The zero-order valence-corrected chi connectivity index (χ0v) is 13.0. The topological polar surface area (TPSA) is 9.23 Å². The number of rotatable bonds is 1. The zero-order valence-electron chi connectivity index (χ0n) is 12.1. The Balaban J connectivity index is 2.07. The van der Waals surface area contributed by atoms with Gasteiger partial charge in [-0.2, -0.15) is 0 Å². The fourth-order valence-corrected chi connectivity index (χ4v) is 4.28. The summed E-state index contributed by atoms with van der Waals surface area (Å²) in [5.41, 5.74) is 2.57. The van der Waals surface area contributed by atoms with Gasteiger partial charge in [0, 0.05) is 11.3 Å². The smallest absolute Gasteiger partial charge is 0.128 e. The molecule has 1 fully saturated rings. The molecule has 3 unspecified atom stereocenters. The molecule has 19 heavy (non-hydrogen) atoms. The van der Waals surface area contributed by atoms with Gasteiger partial charge in [-0.15, -0.1) is 18.2 Å². The van der Waals surface area contributed by atoms with Gasteiger partial charge in [0.15, 0.2) is 0 Å². The molecule has 2 rings (SSSR count). The number of thioether (sulfide) groups is 1. The quantitative estimate of drug-likeness (QED) is 0.698. The van der Waals surface area contributed by atoms with Crippen LogP contribution < -0.4 is 0 Å². The molecule has 1 nitrogen and oxygen atoms in total. The van der Waals surface area contributed by atoms with Crippen LogP contribution in [0.4, 0.5) is 0 Å². The largest absolute Gasteiger partial charge is 0.360 e. The predicted molar refractivity (Wildman–Crippen MR) is 83.1 cm³/mol. The van der Waals surface area contributed by atoms with E-state index in [9.17, 15) is 0 Å². The van der Waals surface area contributed by atoms with Crippen LogP contribution in [0, 0.1) is 23.7 Å². The highest BCUT2D eigenvalue weighted by atomic mass is 32.2. The molecule has 1 aliphatic rings.